The van der Waals surface area contributed by atoms with Gasteiger partial charge in [-0.1, -0.05) is 24.3 Å². The predicted octanol–water partition coefficient (Wildman–Crippen LogP) is 3.55. The number of hydrogen-bond acceptors (Lipinski definition) is 6. The monoisotopic (exact) mass is 437 g/mol. The maximum Gasteiger partial charge on any atom is 0.306 e. The van der Waals surface area contributed by atoms with Gasteiger partial charge in [0.05, 0.1) is 25.7 Å². The normalized spacial score (nSPS) is 16.9. The molecule has 4 rings (SSSR count). The predicted molar refractivity (Wildman–Crippen MR) is 117 cm³/mol. The van der Waals surface area contributed by atoms with Crippen molar-refractivity contribution in [2.75, 3.05) is 19.8 Å². The Bertz CT molecular complexity index is 1000. The molecule has 0 radical (unpaired) electrons. The molecule has 7 nitrogen and oxygen atoms in total. The number of nitrogens with one attached hydrogen (secondary N) is 1. The highest BCUT2D eigenvalue weighted by Crippen LogP contribution is 2.31. The lowest BCUT2D eigenvalue weighted by Crippen LogP contribution is -2.34. The van der Waals surface area contributed by atoms with E-state index in [4.69, 9.17) is 14.2 Å². The summed E-state index contributed by atoms with van der Waals surface area (Å²) >= 11 is 0. The van der Waals surface area contributed by atoms with Gasteiger partial charge >= 0.3 is 5.97 Å². The first-order valence-electron chi connectivity index (χ1n) is 11.1. The van der Waals surface area contributed by atoms with E-state index < -0.39 is 5.97 Å². The average Bonchev–Trinajstić information content (AvgIpc) is 3.06. The van der Waals surface area contributed by atoms with Crippen LogP contribution in [0.3, 0.4) is 0 Å². The van der Waals surface area contributed by atoms with Gasteiger partial charge in [0.1, 0.15) is 0 Å². The summed E-state index contributed by atoms with van der Waals surface area (Å²) in [5, 5.41) is 2.95. The molecule has 0 spiro atoms. The molecule has 2 aromatic carbocycles. The minimum atomic E-state index is -0.577. The quantitative estimate of drug-likeness (QED) is 0.526. The third-order valence-electron chi connectivity index (χ3n) is 5.69. The Morgan fingerprint density at radius 2 is 1.78 bits per heavy atom. The van der Waals surface area contributed by atoms with Crippen molar-refractivity contribution < 1.29 is 28.6 Å². The minimum Gasteiger partial charge on any atom is -0.490 e. The molecule has 32 heavy (non-hydrogen) atoms. The highest BCUT2D eigenvalue weighted by Gasteiger charge is 2.22. The Morgan fingerprint density at radius 1 is 0.969 bits per heavy atom. The second-order valence-electron chi connectivity index (χ2n) is 8.01. The molecule has 1 aliphatic heterocycles. The number of ether oxygens (including phenoxy) is 3. The van der Waals surface area contributed by atoms with E-state index in [0.29, 0.717) is 30.3 Å². The van der Waals surface area contributed by atoms with Crippen molar-refractivity contribution in [3.05, 3.63) is 59.2 Å². The van der Waals surface area contributed by atoms with Crippen LogP contribution >= 0.6 is 0 Å². The molecule has 1 amide bonds. The molecule has 2 aliphatic rings. The van der Waals surface area contributed by atoms with E-state index in [1.807, 2.05) is 18.2 Å². The van der Waals surface area contributed by atoms with Crippen LogP contribution in [0.1, 0.15) is 59.6 Å². The van der Waals surface area contributed by atoms with E-state index in [2.05, 4.69) is 11.4 Å². The summed E-state index contributed by atoms with van der Waals surface area (Å²) < 4.78 is 16.2. The van der Waals surface area contributed by atoms with Gasteiger partial charge in [-0.25, -0.2) is 0 Å². The van der Waals surface area contributed by atoms with E-state index >= 15 is 0 Å². The van der Waals surface area contributed by atoms with Crippen molar-refractivity contribution in [2.24, 2.45) is 0 Å². The number of benzene rings is 2. The Kier molecular flexibility index (Phi) is 7.04. The van der Waals surface area contributed by atoms with Gasteiger partial charge in [0.25, 0.3) is 5.91 Å². The molecule has 0 unspecified atom stereocenters. The molecule has 1 N–H and O–H groups in total. The number of Topliss-reactive ketones (excluding diaryl/α,β-unsaturated/α-hetero) is 1. The highest BCUT2D eigenvalue weighted by atomic mass is 16.5. The number of amides is 1. The first kappa shape index (κ1) is 21.9. The number of carbonyl (C=O) groups excluding carboxylic acids is 3. The summed E-state index contributed by atoms with van der Waals surface area (Å²) in [7, 11) is 0. The molecule has 1 heterocycles. The molecule has 7 heteroatoms. The van der Waals surface area contributed by atoms with Crippen LogP contribution in [0, 0.1) is 0 Å². The molecule has 1 aliphatic carbocycles. The lowest BCUT2D eigenvalue weighted by Gasteiger charge is -2.26. The fraction of sp³-hybridized carbons (Fsp3) is 0.400. The van der Waals surface area contributed by atoms with Crippen molar-refractivity contribution in [1.82, 2.24) is 5.32 Å². The number of aryl methyl sites for hydroxylation is 1. The first-order chi connectivity index (χ1) is 15.6. The second kappa shape index (κ2) is 10.3. The van der Waals surface area contributed by atoms with Gasteiger partial charge in [-0.3, -0.25) is 14.4 Å². The third kappa shape index (κ3) is 5.46. The van der Waals surface area contributed by atoms with Crippen LogP contribution in [0.4, 0.5) is 0 Å². The van der Waals surface area contributed by atoms with Crippen LogP contribution in [0.25, 0.3) is 0 Å². The zero-order valence-corrected chi connectivity index (χ0v) is 17.9. The average molecular weight is 437 g/mol. The zero-order valence-electron chi connectivity index (χ0n) is 17.9. The van der Waals surface area contributed by atoms with E-state index in [-0.39, 0.29) is 37.2 Å². The zero-order chi connectivity index (χ0) is 22.3. The van der Waals surface area contributed by atoms with Crippen molar-refractivity contribution in [3.8, 4) is 11.5 Å². The number of esters is 1. The van der Waals surface area contributed by atoms with E-state index in [9.17, 15) is 14.4 Å². The summed E-state index contributed by atoms with van der Waals surface area (Å²) in [4.78, 5) is 36.8. The van der Waals surface area contributed by atoms with Crippen LogP contribution in [-0.4, -0.2) is 37.5 Å². The number of hydrogen-bond donors (Lipinski definition) is 1. The summed E-state index contributed by atoms with van der Waals surface area (Å²) in [6.45, 7) is 0.758. The Labute approximate surface area is 187 Å². The second-order valence-corrected chi connectivity index (χ2v) is 8.01. The van der Waals surface area contributed by atoms with Crippen LogP contribution in [-0.2, 0) is 20.7 Å². The van der Waals surface area contributed by atoms with Crippen molar-refractivity contribution in [3.63, 3.8) is 0 Å². The number of fused-ring (bicyclic) bond motifs is 2. The summed E-state index contributed by atoms with van der Waals surface area (Å²) in [6.07, 6.45) is 3.56. The molecular formula is C25H27NO6. The summed E-state index contributed by atoms with van der Waals surface area (Å²) in [5.41, 5.74) is 2.82. The highest BCUT2D eigenvalue weighted by molar-refractivity contribution is 5.98. The number of carbonyl (C=O) groups is 3. The van der Waals surface area contributed by atoms with E-state index in [1.165, 1.54) is 5.56 Å². The van der Waals surface area contributed by atoms with Crippen LogP contribution in [0.15, 0.2) is 42.5 Å². The van der Waals surface area contributed by atoms with Crippen LogP contribution < -0.4 is 14.8 Å². The third-order valence-corrected chi connectivity index (χ3v) is 5.69. The van der Waals surface area contributed by atoms with Crippen LogP contribution in [0.2, 0.25) is 0 Å². The van der Waals surface area contributed by atoms with Crippen LogP contribution in [0.5, 0.6) is 11.5 Å². The van der Waals surface area contributed by atoms with Gasteiger partial charge < -0.3 is 19.5 Å². The molecule has 168 valence electrons. The molecule has 1 atom stereocenters. The smallest absolute Gasteiger partial charge is 0.306 e. The fourth-order valence-electron chi connectivity index (χ4n) is 4.05. The largest absolute Gasteiger partial charge is 0.490 e. The van der Waals surface area contributed by atoms with E-state index in [1.54, 1.807) is 18.2 Å². The van der Waals surface area contributed by atoms with Gasteiger partial charge in [-0.05, 0) is 48.6 Å². The first-order valence-corrected chi connectivity index (χ1v) is 11.1. The van der Waals surface area contributed by atoms with Gasteiger partial charge in [0.15, 0.2) is 23.9 Å². The van der Waals surface area contributed by atoms with Crippen molar-refractivity contribution in [2.45, 2.75) is 44.6 Å². The SMILES string of the molecule is O=C(COC(=O)CCC(=O)c1ccc2c(c1)OCCCO2)N[C@@H]1CCCc2ccccc21. The molecule has 2 aromatic rings. The minimum absolute atomic E-state index is 0.00387. The Hall–Kier alpha value is -3.35. The molecular weight excluding hydrogens is 410 g/mol. The molecule has 0 aromatic heterocycles. The Balaban J connectivity index is 1.22. The van der Waals surface area contributed by atoms with Gasteiger partial charge in [-0.15, -0.1) is 0 Å². The molecule has 0 bridgehead atoms. The fourth-order valence-corrected chi connectivity index (χ4v) is 4.05. The Morgan fingerprint density at radius 3 is 2.66 bits per heavy atom. The van der Waals surface area contributed by atoms with E-state index in [0.717, 1.165) is 31.2 Å². The van der Waals surface area contributed by atoms with Crippen molar-refractivity contribution in [1.29, 1.82) is 0 Å². The molecule has 0 saturated carbocycles. The number of ketones is 1. The topological polar surface area (TPSA) is 90.9 Å². The van der Waals surface area contributed by atoms with Gasteiger partial charge in [-0.2, -0.15) is 0 Å². The van der Waals surface area contributed by atoms with Gasteiger partial charge in [0.2, 0.25) is 0 Å². The maximum atomic E-state index is 12.5. The summed E-state index contributed by atoms with van der Waals surface area (Å²) in [6, 6.07) is 13.0. The van der Waals surface area contributed by atoms with Crippen molar-refractivity contribution >= 4 is 17.7 Å². The lowest BCUT2D eigenvalue weighted by atomic mass is 9.88. The lowest BCUT2D eigenvalue weighted by molar-refractivity contribution is -0.148. The standard InChI is InChI=1S/C25H27NO6/c27-21(18-9-11-22-23(15-18)31-14-4-13-30-22)10-12-25(29)32-16-24(28)26-20-8-3-6-17-5-1-2-7-19(17)20/h1-2,5,7,9,11,15,20H,3-4,6,8,10,12-14,16H2,(H,26,28)/t20-/m1/s1. The summed E-state index contributed by atoms with van der Waals surface area (Å²) in [5.74, 6) is 0.0453. The maximum absolute atomic E-state index is 12.5. The molecule has 0 saturated heterocycles. The van der Waals surface area contributed by atoms with Gasteiger partial charge in [0, 0.05) is 18.4 Å². The number of rotatable bonds is 7. The molecule has 0 fully saturated rings.